The molecule has 3 aromatic rings. The van der Waals surface area contributed by atoms with Crippen molar-refractivity contribution >= 4 is 23.3 Å². The molecule has 0 atom stereocenters. The molecular weight excluding hydrogens is 527 g/mol. The molecule has 0 unspecified atom stereocenters. The maximum atomic E-state index is 13.8. The van der Waals surface area contributed by atoms with E-state index < -0.39 is 29.3 Å². The van der Waals surface area contributed by atoms with E-state index in [4.69, 9.17) is 10.5 Å². The normalized spacial score (nSPS) is 14.5. The second-order valence-corrected chi connectivity index (χ2v) is 9.51. The van der Waals surface area contributed by atoms with Crippen LogP contribution in [-0.4, -0.2) is 65.6 Å². The number of primary amides is 1. The van der Waals surface area contributed by atoms with Crippen LogP contribution in [0.2, 0.25) is 0 Å². The number of benzene rings is 2. The number of pyridine rings is 1. The SMILES string of the molecule is Cc1c(Oc2ccc(C(=O)C(=O)Nc3ccc(CN4CCN(C)CC4)c(C(F)(F)F)c3)cc2)ccnc1C(N)=O. The molecule has 2 amide bonds. The summed E-state index contributed by atoms with van der Waals surface area (Å²) in [5.41, 5.74) is 4.91. The van der Waals surface area contributed by atoms with Crippen LogP contribution in [0.1, 0.15) is 37.5 Å². The van der Waals surface area contributed by atoms with E-state index in [1.807, 2.05) is 11.9 Å². The highest BCUT2D eigenvalue weighted by molar-refractivity contribution is 6.46. The Bertz CT molecular complexity index is 1420. The van der Waals surface area contributed by atoms with E-state index in [1.165, 1.54) is 42.6 Å². The number of hydrogen-bond donors (Lipinski definition) is 2. The number of Topliss-reactive ketones (excluding diaryl/α,β-unsaturated/α-hetero) is 1. The Morgan fingerprint density at radius 1 is 1.02 bits per heavy atom. The minimum absolute atomic E-state index is 0.0110. The number of nitrogens with zero attached hydrogens (tertiary/aromatic N) is 3. The second kappa shape index (κ2) is 11.8. The number of nitrogens with two attached hydrogens (primary N) is 1. The summed E-state index contributed by atoms with van der Waals surface area (Å²) in [5.74, 6) is -2.08. The largest absolute Gasteiger partial charge is 0.457 e. The first kappa shape index (κ1) is 28.7. The molecule has 1 saturated heterocycles. The molecular formula is C28H28F3N5O4. The van der Waals surface area contributed by atoms with Gasteiger partial charge in [-0.15, -0.1) is 0 Å². The van der Waals surface area contributed by atoms with Crippen molar-refractivity contribution in [3.05, 3.63) is 82.7 Å². The van der Waals surface area contributed by atoms with Crippen molar-refractivity contribution in [2.24, 2.45) is 5.73 Å². The predicted octanol–water partition coefficient (Wildman–Crippen LogP) is 3.87. The number of amides is 2. The highest BCUT2D eigenvalue weighted by atomic mass is 19.4. The summed E-state index contributed by atoms with van der Waals surface area (Å²) in [5, 5.41) is 2.28. The zero-order valence-corrected chi connectivity index (χ0v) is 21.9. The summed E-state index contributed by atoms with van der Waals surface area (Å²) in [6.45, 7) is 4.60. The quantitative estimate of drug-likeness (QED) is 0.320. The molecule has 0 radical (unpaired) electrons. The van der Waals surface area contributed by atoms with Crippen LogP contribution in [0.4, 0.5) is 18.9 Å². The third-order valence-corrected chi connectivity index (χ3v) is 6.60. The molecule has 1 aromatic heterocycles. The minimum Gasteiger partial charge on any atom is -0.457 e. The van der Waals surface area contributed by atoms with Gasteiger partial charge in [0.05, 0.1) is 5.56 Å². The molecule has 2 heterocycles. The first-order valence-electron chi connectivity index (χ1n) is 12.4. The van der Waals surface area contributed by atoms with Gasteiger partial charge >= 0.3 is 6.18 Å². The van der Waals surface area contributed by atoms with Crippen molar-refractivity contribution in [2.75, 3.05) is 38.5 Å². The number of halogens is 3. The Hall–Kier alpha value is -4.29. The van der Waals surface area contributed by atoms with Gasteiger partial charge in [0, 0.05) is 55.7 Å². The average Bonchev–Trinajstić information content (AvgIpc) is 2.91. The summed E-state index contributed by atoms with van der Waals surface area (Å²) in [6, 6.07) is 10.7. The highest BCUT2D eigenvalue weighted by Crippen LogP contribution is 2.35. The number of carbonyl (C=O) groups excluding carboxylic acids is 3. The standard InChI is InChI=1S/C28H28F3N5O4/c1-17-23(9-10-33-24(17)26(32)38)40-21-7-4-18(5-8-21)25(37)27(39)34-20-6-3-19(22(15-20)28(29,30)31)16-36-13-11-35(2)12-14-36/h3-10,15H,11-14,16H2,1-2H3,(H2,32,38)(H,34,39). The molecule has 40 heavy (non-hydrogen) atoms. The van der Waals surface area contributed by atoms with Crippen LogP contribution in [0.25, 0.3) is 0 Å². The van der Waals surface area contributed by atoms with Crippen LogP contribution in [0.3, 0.4) is 0 Å². The third-order valence-electron chi connectivity index (χ3n) is 6.60. The van der Waals surface area contributed by atoms with Crippen molar-refractivity contribution in [2.45, 2.75) is 19.6 Å². The lowest BCUT2D eigenvalue weighted by Crippen LogP contribution is -2.44. The Morgan fingerprint density at radius 2 is 1.70 bits per heavy atom. The predicted molar refractivity (Wildman–Crippen MR) is 141 cm³/mol. The number of ketones is 1. The van der Waals surface area contributed by atoms with E-state index in [-0.39, 0.29) is 29.1 Å². The van der Waals surface area contributed by atoms with Crippen molar-refractivity contribution in [1.82, 2.24) is 14.8 Å². The summed E-state index contributed by atoms with van der Waals surface area (Å²) in [6.07, 6.45) is -3.26. The Kier molecular flexibility index (Phi) is 8.50. The van der Waals surface area contributed by atoms with Crippen molar-refractivity contribution in [3.63, 3.8) is 0 Å². The molecule has 0 saturated carbocycles. The molecule has 1 fully saturated rings. The third kappa shape index (κ3) is 6.82. The number of piperazine rings is 1. The van der Waals surface area contributed by atoms with E-state index in [1.54, 1.807) is 13.0 Å². The Labute approximate surface area is 228 Å². The molecule has 4 rings (SSSR count). The maximum Gasteiger partial charge on any atom is 0.416 e. The minimum atomic E-state index is -4.63. The average molecular weight is 556 g/mol. The van der Waals surface area contributed by atoms with Gasteiger partial charge in [0.15, 0.2) is 0 Å². The van der Waals surface area contributed by atoms with Gasteiger partial charge in [0.1, 0.15) is 17.2 Å². The smallest absolute Gasteiger partial charge is 0.416 e. The molecule has 2 aromatic carbocycles. The Balaban J connectivity index is 1.44. The lowest BCUT2D eigenvalue weighted by molar-refractivity contribution is -0.138. The molecule has 9 nitrogen and oxygen atoms in total. The Morgan fingerprint density at radius 3 is 2.33 bits per heavy atom. The summed E-state index contributed by atoms with van der Waals surface area (Å²) < 4.78 is 47.3. The lowest BCUT2D eigenvalue weighted by Gasteiger charge is -2.33. The first-order valence-corrected chi connectivity index (χ1v) is 12.4. The van der Waals surface area contributed by atoms with Gasteiger partial charge < -0.3 is 20.7 Å². The van der Waals surface area contributed by atoms with E-state index in [2.05, 4.69) is 15.2 Å². The van der Waals surface area contributed by atoms with Gasteiger partial charge in [-0.1, -0.05) is 6.07 Å². The number of ether oxygens (including phenoxy) is 1. The number of alkyl halides is 3. The zero-order valence-electron chi connectivity index (χ0n) is 21.9. The van der Waals surface area contributed by atoms with Crippen molar-refractivity contribution in [3.8, 4) is 11.5 Å². The number of carbonyl (C=O) groups is 3. The van der Waals surface area contributed by atoms with Gasteiger partial charge in [0.25, 0.3) is 17.6 Å². The van der Waals surface area contributed by atoms with Crippen LogP contribution in [0, 0.1) is 6.92 Å². The van der Waals surface area contributed by atoms with Crippen LogP contribution >= 0.6 is 0 Å². The topological polar surface area (TPSA) is 118 Å². The number of likely N-dealkylation sites (N-methyl/N-ethyl adjacent to an activating group) is 1. The fourth-order valence-corrected chi connectivity index (χ4v) is 4.30. The zero-order chi connectivity index (χ0) is 29.0. The first-order chi connectivity index (χ1) is 18.9. The van der Waals surface area contributed by atoms with Gasteiger partial charge in [-0.25, -0.2) is 0 Å². The number of nitrogens with one attached hydrogen (secondary N) is 1. The van der Waals surface area contributed by atoms with Gasteiger partial charge in [-0.2, -0.15) is 13.2 Å². The van der Waals surface area contributed by atoms with Crippen molar-refractivity contribution in [1.29, 1.82) is 0 Å². The van der Waals surface area contributed by atoms with Crippen LogP contribution in [0.5, 0.6) is 11.5 Å². The van der Waals surface area contributed by atoms with Crippen LogP contribution in [-0.2, 0) is 17.5 Å². The van der Waals surface area contributed by atoms with E-state index in [0.29, 0.717) is 30.2 Å². The number of rotatable bonds is 8. The second-order valence-electron chi connectivity index (χ2n) is 9.51. The number of hydrogen-bond acceptors (Lipinski definition) is 7. The van der Waals surface area contributed by atoms with E-state index >= 15 is 0 Å². The van der Waals surface area contributed by atoms with Crippen molar-refractivity contribution < 1.29 is 32.3 Å². The number of anilines is 1. The van der Waals surface area contributed by atoms with Gasteiger partial charge in [-0.05, 0) is 62.0 Å². The fraction of sp³-hybridized carbons (Fsp3) is 0.286. The molecule has 0 bridgehead atoms. The molecule has 1 aliphatic rings. The molecule has 1 aliphatic heterocycles. The summed E-state index contributed by atoms with van der Waals surface area (Å²) in [4.78, 5) is 44.7. The number of aromatic nitrogens is 1. The highest BCUT2D eigenvalue weighted by Gasteiger charge is 2.34. The molecule has 3 N–H and O–H groups in total. The fourth-order valence-electron chi connectivity index (χ4n) is 4.30. The van der Waals surface area contributed by atoms with Gasteiger partial charge in [-0.3, -0.25) is 24.3 Å². The lowest BCUT2D eigenvalue weighted by atomic mass is 10.0. The summed E-state index contributed by atoms with van der Waals surface area (Å²) in [7, 11) is 1.96. The van der Waals surface area contributed by atoms with E-state index in [0.717, 1.165) is 19.2 Å². The van der Waals surface area contributed by atoms with Gasteiger partial charge in [0.2, 0.25) is 0 Å². The molecule has 0 spiro atoms. The monoisotopic (exact) mass is 555 g/mol. The molecule has 0 aliphatic carbocycles. The molecule has 12 heteroatoms. The van der Waals surface area contributed by atoms with Crippen LogP contribution in [0.15, 0.2) is 54.7 Å². The summed E-state index contributed by atoms with van der Waals surface area (Å²) >= 11 is 0. The molecule has 210 valence electrons. The maximum absolute atomic E-state index is 13.8. The van der Waals surface area contributed by atoms with Crippen LogP contribution < -0.4 is 15.8 Å². The van der Waals surface area contributed by atoms with E-state index in [9.17, 15) is 27.6 Å².